The van der Waals surface area contributed by atoms with Crippen molar-refractivity contribution in [3.63, 3.8) is 0 Å². The molecule has 3 atom stereocenters. The van der Waals surface area contributed by atoms with Crippen molar-refractivity contribution in [1.29, 1.82) is 0 Å². The summed E-state index contributed by atoms with van der Waals surface area (Å²) in [6.07, 6.45) is 9.93. The predicted octanol–water partition coefficient (Wildman–Crippen LogP) is 4.38. The molecular weight excluding hydrogens is 318 g/mol. The number of nitrogens with one attached hydrogen (secondary N) is 1. The summed E-state index contributed by atoms with van der Waals surface area (Å²) < 4.78 is 2.21. The van der Waals surface area contributed by atoms with Crippen LogP contribution in [-0.4, -0.2) is 76.9 Å². The molecule has 2 saturated carbocycles. The second-order valence-electron chi connectivity index (χ2n) is 11.8. The van der Waals surface area contributed by atoms with Crippen LogP contribution in [0.2, 0.25) is 0 Å². The van der Waals surface area contributed by atoms with Crippen LogP contribution in [0.4, 0.5) is 0 Å². The molecule has 1 N–H and O–H groups in total. The van der Waals surface area contributed by atoms with Gasteiger partial charge in [-0.3, -0.25) is 0 Å². The lowest BCUT2D eigenvalue weighted by molar-refractivity contribution is -0.871. The minimum absolute atomic E-state index is 0.399. The highest BCUT2D eigenvalue weighted by atomic mass is 15.3. The van der Waals surface area contributed by atoms with Crippen molar-refractivity contribution in [2.24, 2.45) is 17.3 Å². The van der Waals surface area contributed by atoms with Gasteiger partial charge in [0.1, 0.15) is 0 Å². The first-order chi connectivity index (χ1) is 11.7. The number of hydrogen-bond acceptors (Lipinski definition) is 1. The second kappa shape index (κ2) is 8.92. The van der Waals surface area contributed by atoms with Crippen molar-refractivity contribution < 1.29 is 8.97 Å². The fourth-order valence-electron chi connectivity index (χ4n) is 5.16. The van der Waals surface area contributed by atoms with Crippen LogP contribution >= 0.6 is 0 Å². The van der Waals surface area contributed by atoms with Crippen LogP contribution in [0.3, 0.4) is 0 Å². The number of quaternary nitrogens is 2. The normalized spacial score (nSPS) is 30.2. The van der Waals surface area contributed by atoms with E-state index in [-0.39, 0.29) is 0 Å². The molecule has 156 valence electrons. The molecule has 3 unspecified atom stereocenters. The number of nitrogens with zero attached hydrogens (tertiary/aromatic N) is 2. The topological polar surface area (TPSA) is 12.0 Å². The maximum atomic E-state index is 3.56. The molecule has 0 aromatic rings. The maximum absolute atomic E-state index is 3.56. The van der Waals surface area contributed by atoms with Gasteiger partial charge in [-0.1, -0.05) is 13.8 Å². The Hall–Kier alpha value is -0.120. The van der Waals surface area contributed by atoms with E-state index in [2.05, 4.69) is 75.4 Å². The lowest BCUT2D eigenvalue weighted by atomic mass is 9.64. The molecule has 2 rings (SSSR count). The molecule has 2 bridgehead atoms. The minimum Gasteiger partial charge on any atom is -0.331 e. The van der Waals surface area contributed by atoms with Crippen LogP contribution in [0.25, 0.3) is 0 Å². The van der Waals surface area contributed by atoms with Gasteiger partial charge in [0, 0.05) is 5.54 Å². The third kappa shape index (κ3) is 6.49. The highest BCUT2D eigenvalue weighted by molar-refractivity contribution is 5.13. The first kappa shape index (κ1) is 23.9. The van der Waals surface area contributed by atoms with E-state index in [1.54, 1.807) is 0 Å². The molecule has 0 amide bonds. The third-order valence-corrected chi connectivity index (χ3v) is 7.54. The molecule has 26 heavy (non-hydrogen) atoms. The van der Waals surface area contributed by atoms with Crippen molar-refractivity contribution in [3.8, 4) is 0 Å². The van der Waals surface area contributed by atoms with Crippen molar-refractivity contribution in [2.45, 2.75) is 71.3 Å². The van der Waals surface area contributed by atoms with E-state index in [0.29, 0.717) is 11.0 Å². The molecule has 0 spiro atoms. The van der Waals surface area contributed by atoms with Crippen LogP contribution < -0.4 is 5.32 Å². The zero-order chi connectivity index (χ0) is 20.2. The molecule has 3 nitrogen and oxygen atoms in total. The largest absolute Gasteiger partial charge is 0.331 e. The van der Waals surface area contributed by atoms with Gasteiger partial charge in [-0.05, 0) is 76.2 Å². The molecule has 0 saturated heterocycles. The lowest BCUT2D eigenvalue weighted by Crippen LogP contribution is -2.55. The second-order valence-corrected chi connectivity index (χ2v) is 11.8. The number of rotatable bonds is 8. The summed E-state index contributed by atoms with van der Waals surface area (Å²) in [5.74, 6) is 1.91. The predicted molar refractivity (Wildman–Crippen MR) is 116 cm³/mol. The van der Waals surface area contributed by atoms with Gasteiger partial charge in [0.25, 0.3) is 0 Å². The van der Waals surface area contributed by atoms with E-state index >= 15 is 0 Å². The van der Waals surface area contributed by atoms with E-state index in [4.69, 9.17) is 0 Å². The standard InChI is InChI=1S/C12H30N2.C11H21N/c1-13(2,3)11-9-7-8-10-12-14(4,5)6;1-10(2)8-5-6-9(7-8)11(10,3)12-4/h7-12H2,1-6H3;8-9,12H,5-7H2,1-4H3/q+2;. The van der Waals surface area contributed by atoms with Crippen molar-refractivity contribution in [2.75, 3.05) is 62.4 Å². The number of hydrogen-bond donors (Lipinski definition) is 1. The van der Waals surface area contributed by atoms with Crippen molar-refractivity contribution in [3.05, 3.63) is 0 Å². The van der Waals surface area contributed by atoms with E-state index < -0.39 is 0 Å². The van der Waals surface area contributed by atoms with Crippen LogP contribution in [0, 0.1) is 17.3 Å². The molecular formula is C23H51N3+2. The summed E-state index contributed by atoms with van der Waals surface area (Å²) in [7, 11) is 15.7. The average Bonchev–Trinajstić information content (AvgIpc) is 3.04. The minimum atomic E-state index is 0.399. The fraction of sp³-hybridized carbons (Fsp3) is 1.00. The van der Waals surface area contributed by atoms with E-state index in [1.807, 2.05) is 0 Å². The zero-order valence-corrected chi connectivity index (χ0v) is 19.9. The van der Waals surface area contributed by atoms with Crippen LogP contribution in [0.1, 0.15) is 65.7 Å². The summed E-state index contributed by atoms with van der Waals surface area (Å²) in [4.78, 5) is 0. The molecule has 0 aromatic heterocycles. The lowest BCUT2D eigenvalue weighted by Gasteiger charge is -2.47. The Bertz CT molecular complexity index is 398. The Morgan fingerprint density at radius 3 is 1.42 bits per heavy atom. The molecule has 0 heterocycles. The molecule has 3 heteroatoms. The highest BCUT2D eigenvalue weighted by Gasteiger charge is 2.59. The van der Waals surface area contributed by atoms with Crippen LogP contribution in [-0.2, 0) is 0 Å². The van der Waals surface area contributed by atoms with Gasteiger partial charge < -0.3 is 14.3 Å². The summed E-state index contributed by atoms with van der Waals surface area (Å²) >= 11 is 0. The van der Waals surface area contributed by atoms with E-state index in [9.17, 15) is 0 Å². The summed E-state index contributed by atoms with van der Waals surface area (Å²) in [5, 5.41) is 3.56. The first-order valence-electron chi connectivity index (χ1n) is 11.0. The monoisotopic (exact) mass is 369 g/mol. The van der Waals surface area contributed by atoms with Crippen molar-refractivity contribution in [1.82, 2.24) is 5.32 Å². The van der Waals surface area contributed by atoms with Gasteiger partial charge in [0.2, 0.25) is 0 Å². The average molecular weight is 370 g/mol. The highest BCUT2D eigenvalue weighted by Crippen LogP contribution is 2.60. The van der Waals surface area contributed by atoms with Gasteiger partial charge in [-0.25, -0.2) is 0 Å². The van der Waals surface area contributed by atoms with Gasteiger partial charge in [0.05, 0.1) is 55.4 Å². The Morgan fingerprint density at radius 1 is 0.731 bits per heavy atom. The number of fused-ring (bicyclic) bond motifs is 2. The Kier molecular flexibility index (Phi) is 8.21. The summed E-state index contributed by atoms with van der Waals surface area (Å²) in [6, 6.07) is 0. The SMILES string of the molecule is CNC1(C)C2CCC(C2)C1(C)C.C[N+](C)(C)CCCCCC[N+](C)(C)C. The van der Waals surface area contributed by atoms with E-state index in [1.165, 1.54) is 58.0 Å². The Labute approximate surface area is 165 Å². The maximum Gasteiger partial charge on any atom is 0.0780 e. The van der Waals surface area contributed by atoms with Gasteiger partial charge in [-0.2, -0.15) is 0 Å². The summed E-state index contributed by atoms with van der Waals surface area (Å²) in [6.45, 7) is 9.91. The zero-order valence-electron chi connectivity index (χ0n) is 19.9. The van der Waals surface area contributed by atoms with Crippen LogP contribution in [0.15, 0.2) is 0 Å². The van der Waals surface area contributed by atoms with E-state index in [0.717, 1.165) is 20.8 Å². The molecule has 0 aromatic carbocycles. The molecule has 2 aliphatic carbocycles. The smallest absolute Gasteiger partial charge is 0.0780 e. The van der Waals surface area contributed by atoms with Crippen LogP contribution in [0.5, 0.6) is 0 Å². The molecule has 2 fully saturated rings. The third-order valence-electron chi connectivity index (χ3n) is 7.54. The van der Waals surface area contributed by atoms with Gasteiger partial charge in [-0.15, -0.1) is 0 Å². The summed E-state index contributed by atoms with van der Waals surface area (Å²) in [5.41, 5.74) is 0.903. The molecule has 0 aliphatic heterocycles. The van der Waals surface area contributed by atoms with Crippen molar-refractivity contribution >= 4 is 0 Å². The Balaban J connectivity index is 0.000000262. The Morgan fingerprint density at radius 2 is 1.15 bits per heavy atom. The number of unbranched alkanes of at least 4 members (excludes halogenated alkanes) is 3. The van der Waals surface area contributed by atoms with Gasteiger partial charge >= 0.3 is 0 Å². The first-order valence-corrected chi connectivity index (χ1v) is 11.0. The fourth-order valence-corrected chi connectivity index (χ4v) is 5.16. The molecule has 0 radical (unpaired) electrons. The molecule has 2 aliphatic rings. The quantitative estimate of drug-likeness (QED) is 0.494. The van der Waals surface area contributed by atoms with Gasteiger partial charge in [0.15, 0.2) is 0 Å².